The summed E-state index contributed by atoms with van der Waals surface area (Å²) in [6, 6.07) is 11.9. The lowest BCUT2D eigenvalue weighted by molar-refractivity contribution is -0.384. The van der Waals surface area contributed by atoms with Gasteiger partial charge in [-0.25, -0.2) is 4.79 Å². The van der Waals surface area contributed by atoms with Crippen LogP contribution in [-0.2, 0) is 0 Å². The second-order valence-corrected chi connectivity index (χ2v) is 3.84. The molecule has 0 aromatic heterocycles. The highest BCUT2D eigenvalue weighted by atomic mass is 16.6. The Morgan fingerprint density at radius 1 is 1.05 bits per heavy atom. The summed E-state index contributed by atoms with van der Waals surface area (Å²) in [7, 11) is 0. The molecule has 19 heavy (non-hydrogen) atoms. The Morgan fingerprint density at radius 3 is 2.16 bits per heavy atom. The summed E-state index contributed by atoms with van der Waals surface area (Å²) in [5.41, 5.74) is 1.14. The number of non-ortho nitro benzene ring substituents is 1. The van der Waals surface area contributed by atoms with Gasteiger partial charge in [0.2, 0.25) is 0 Å². The first kappa shape index (κ1) is 12.8. The van der Waals surface area contributed by atoms with Gasteiger partial charge in [0.15, 0.2) is 0 Å². The molecule has 0 bridgehead atoms. The lowest BCUT2D eigenvalue weighted by Crippen LogP contribution is -2.08. The maximum Gasteiger partial charge on any atom is 0.343 e. The van der Waals surface area contributed by atoms with Gasteiger partial charge in [-0.05, 0) is 36.8 Å². The Hall–Kier alpha value is -2.69. The number of nitrogens with zero attached hydrogens (tertiary/aromatic N) is 1. The molecule has 1 radical (unpaired) electrons. The van der Waals surface area contributed by atoms with Crippen LogP contribution in [0, 0.1) is 17.0 Å². The summed E-state index contributed by atoms with van der Waals surface area (Å²) in [5.74, 6) is -0.261. The van der Waals surface area contributed by atoms with E-state index in [1.54, 1.807) is 24.3 Å². The highest BCUT2D eigenvalue weighted by Gasteiger charge is 2.10. The number of rotatable bonds is 3. The number of hydrogen-bond acceptors (Lipinski definition) is 4. The monoisotopic (exact) mass is 256 g/mol. The summed E-state index contributed by atoms with van der Waals surface area (Å²) in [5, 5.41) is 10.5. The second-order valence-electron chi connectivity index (χ2n) is 3.84. The first-order valence-electron chi connectivity index (χ1n) is 5.45. The Labute approximate surface area is 109 Å². The number of hydrogen-bond donors (Lipinski definition) is 0. The van der Waals surface area contributed by atoms with Crippen LogP contribution in [0.15, 0.2) is 48.5 Å². The molecule has 95 valence electrons. The Kier molecular flexibility index (Phi) is 3.56. The Bertz CT molecular complexity index is 602. The van der Waals surface area contributed by atoms with Gasteiger partial charge in [0.25, 0.3) is 5.69 Å². The number of benzene rings is 2. The average molecular weight is 256 g/mol. The third kappa shape index (κ3) is 3.16. The quantitative estimate of drug-likeness (QED) is 0.366. The summed E-state index contributed by atoms with van der Waals surface area (Å²) in [4.78, 5) is 21.7. The summed E-state index contributed by atoms with van der Waals surface area (Å²) >= 11 is 0. The first-order valence-corrected chi connectivity index (χ1v) is 5.45. The smallest absolute Gasteiger partial charge is 0.343 e. The lowest BCUT2D eigenvalue weighted by atomic mass is 10.1. The maximum absolute atomic E-state index is 11.8. The summed E-state index contributed by atoms with van der Waals surface area (Å²) < 4.78 is 5.09. The minimum Gasteiger partial charge on any atom is -0.423 e. The predicted molar refractivity (Wildman–Crippen MR) is 69.0 cm³/mol. The molecule has 0 atom stereocenters. The lowest BCUT2D eigenvalue weighted by Gasteiger charge is -2.04. The number of carbonyl (C=O) groups excluding carboxylic acids is 1. The van der Waals surface area contributed by atoms with Gasteiger partial charge in [0.1, 0.15) is 5.75 Å². The van der Waals surface area contributed by atoms with Crippen LogP contribution in [0.25, 0.3) is 0 Å². The average Bonchev–Trinajstić information content (AvgIpc) is 2.40. The number of nitro groups is 1. The predicted octanol–water partition coefficient (Wildman–Crippen LogP) is 3.00. The van der Waals surface area contributed by atoms with Crippen molar-refractivity contribution in [1.82, 2.24) is 0 Å². The molecule has 0 heterocycles. The van der Waals surface area contributed by atoms with Gasteiger partial charge >= 0.3 is 5.97 Å². The van der Waals surface area contributed by atoms with E-state index in [-0.39, 0.29) is 11.4 Å². The molecule has 0 fully saturated rings. The van der Waals surface area contributed by atoms with Crippen LogP contribution in [-0.4, -0.2) is 10.9 Å². The highest BCUT2D eigenvalue weighted by molar-refractivity contribution is 5.91. The summed E-state index contributed by atoms with van der Waals surface area (Å²) in [6.45, 7) is 3.72. The van der Waals surface area contributed by atoms with Crippen molar-refractivity contribution in [2.24, 2.45) is 0 Å². The third-order valence-electron chi connectivity index (χ3n) is 2.45. The van der Waals surface area contributed by atoms with Gasteiger partial charge in [-0.1, -0.05) is 12.1 Å². The van der Waals surface area contributed by atoms with Crippen LogP contribution < -0.4 is 4.74 Å². The number of ether oxygens (including phenoxy) is 1. The Balaban J connectivity index is 2.10. The first-order chi connectivity index (χ1) is 9.06. The van der Waals surface area contributed by atoms with Gasteiger partial charge < -0.3 is 4.74 Å². The molecule has 0 aliphatic heterocycles. The van der Waals surface area contributed by atoms with Gasteiger partial charge in [0, 0.05) is 12.1 Å². The van der Waals surface area contributed by atoms with Gasteiger partial charge in [-0.3, -0.25) is 10.1 Å². The van der Waals surface area contributed by atoms with Crippen molar-refractivity contribution < 1.29 is 14.5 Å². The van der Waals surface area contributed by atoms with Crippen molar-refractivity contribution in [2.45, 2.75) is 0 Å². The molecule has 0 N–H and O–H groups in total. The molecular formula is C14H10NO4. The standard InChI is InChI=1S/C14H10NO4/c1-10-2-4-11(5-3-10)14(16)19-13-8-6-12(7-9-13)15(17)18/h2-9H,1H2. The van der Waals surface area contributed by atoms with Crippen LogP contribution in [0.2, 0.25) is 0 Å². The molecular weight excluding hydrogens is 246 g/mol. The van der Waals surface area contributed by atoms with Crippen molar-refractivity contribution in [3.05, 3.63) is 76.7 Å². The zero-order valence-corrected chi connectivity index (χ0v) is 9.91. The molecule has 0 unspecified atom stereocenters. The molecule has 0 amide bonds. The second kappa shape index (κ2) is 5.30. The van der Waals surface area contributed by atoms with Gasteiger partial charge in [-0.2, -0.15) is 0 Å². The van der Waals surface area contributed by atoms with E-state index >= 15 is 0 Å². The highest BCUT2D eigenvalue weighted by Crippen LogP contribution is 2.18. The molecule has 0 aliphatic rings. The molecule has 5 heteroatoms. The Morgan fingerprint density at radius 2 is 1.63 bits per heavy atom. The maximum atomic E-state index is 11.8. The van der Waals surface area contributed by atoms with E-state index in [9.17, 15) is 14.9 Å². The van der Waals surface area contributed by atoms with E-state index in [0.717, 1.165) is 5.56 Å². The van der Waals surface area contributed by atoms with Crippen LogP contribution in [0.3, 0.4) is 0 Å². The number of nitro benzene ring substituents is 1. The molecule has 2 aromatic carbocycles. The fourth-order valence-corrected chi connectivity index (χ4v) is 1.44. The van der Waals surface area contributed by atoms with Crippen LogP contribution in [0.5, 0.6) is 5.75 Å². The molecule has 2 aromatic rings. The van der Waals surface area contributed by atoms with E-state index in [2.05, 4.69) is 6.92 Å². The minimum atomic E-state index is -0.520. The fourth-order valence-electron chi connectivity index (χ4n) is 1.44. The summed E-state index contributed by atoms with van der Waals surface area (Å²) in [6.07, 6.45) is 0. The van der Waals surface area contributed by atoms with E-state index < -0.39 is 10.9 Å². The minimum absolute atomic E-state index is 0.0544. The van der Waals surface area contributed by atoms with Crippen molar-refractivity contribution in [2.75, 3.05) is 0 Å². The SMILES string of the molecule is [CH2]c1ccc(C(=O)Oc2ccc([N+](=O)[O-])cc2)cc1. The van der Waals surface area contributed by atoms with Gasteiger partial charge in [0.05, 0.1) is 10.5 Å². The van der Waals surface area contributed by atoms with E-state index in [1.165, 1.54) is 24.3 Å². The molecule has 0 aliphatic carbocycles. The van der Waals surface area contributed by atoms with E-state index in [0.29, 0.717) is 5.56 Å². The van der Waals surface area contributed by atoms with Crippen LogP contribution in [0.4, 0.5) is 5.69 Å². The zero-order chi connectivity index (χ0) is 13.8. The number of esters is 1. The van der Waals surface area contributed by atoms with Crippen molar-refractivity contribution in [1.29, 1.82) is 0 Å². The molecule has 5 nitrogen and oxygen atoms in total. The molecule has 0 saturated carbocycles. The normalized spacial score (nSPS) is 9.95. The largest absolute Gasteiger partial charge is 0.423 e. The van der Waals surface area contributed by atoms with Crippen LogP contribution >= 0.6 is 0 Å². The topological polar surface area (TPSA) is 69.4 Å². The number of carbonyl (C=O) groups is 1. The third-order valence-corrected chi connectivity index (χ3v) is 2.45. The van der Waals surface area contributed by atoms with E-state index in [1.807, 2.05) is 0 Å². The van der Waals surface area contributed by atoms with E-state index in [4.69, 9.17) is 4.74 Å². The fraction of sp³-hybridized carbons (Fsp3) is 0. The zero-order valence-electron chi connectivity index (χ0n) is 9.91. The van der Waals surface area contributed by atoms with Crippen LogP contribution in [0.1, 0.15) is 15.9 Å². The van der Waals surface area contributed by atoms with Crippen molar-refractivity contribution >= 4 is 11.7 Å². The molecule has 0 saturated heterocycles. The van der Waals surface area contributed by atoms with Crippen molar-refractivity contribution in [3.63, 3.8) is 0 Å². The van der Waals surface area contributed by atoms with Crippen molar-refractivity contribution in [3.8, 4) is 5.75 Å². The molecule has 0 spiro atoms. The van der Waals surface area contributed by atoms with Gasteiger partial charge in [-0.15, -0.1) is 0 Å². The molecule has 2 rings (SSSR count).